The fourth-order valence-electron chi connectivity index (χ4n) is 4.23. The van der Waals surface area contributed by atoms with Crippen molar-refractivity contribution in [2.24, 2.45) is 5.92 Å². The molecule has 0 aromatic carbocycles. The average molecular weight is 416 g/mol. The van der Waals surface area contributed by atoms with Crippen LogP contribution in [0.25, 0.3) is 0 Å². The minimum Gasteiger partial charge on any atom is -0.481 e. The first-order chi connectivity index (χ1) is 13.3. The van der Waals surface area contributed by atoms with Crippen molar-refractivity contribution < 1.29 is 43.9 Å². The number of carboxylic acids is 1. The third-order valence-corrected chi connectivity index (χ3v) is 5.77. The highest BCUT2D eigenvalue weighted by Gasteiger charge is 2.66. The summed E-state index contributed by atoms with van der Waals surface area (Å²) in [5, 5.41) is 35.4. The first kappa shape index (κ1) is 21.9. The SMILES string of the molecule is CC1(C)OC[C@@](C)([C@@H](O)[C@@]23NC(=O)[C@@](O)(NC2=O)[C@H](CCCC(=O)O)CCO3)O1. The number of hydrogen-bond acceptors (Lipinski definition) is 8. The van der Waals surface area contributed by atoms with Gasteiger partial charge in [0.25, 0.3) is 17.5 Å². The van der Waals surface area contributed by atoms with E-state index in [1.54, 1.807) is 13.8 Å². The van der Waals surface area contributed by atoms with Crippen LogP contribution in [0.3, 0.4) is 0 Å². The monoisotopic (exact) mass is 416 g/mol. The summed E-state index contributed by atoms with van der Waals surface area (Å²) >= 11 is 0. The molecule has 2 bridgehead atoms. The number of aliphatic hydroxyl groups excluding tert-OH is 1. The van der Waals surface area contributed by atoms with E-state index >= 15 is 0 Å². The van der Waals surface area contributed by atoms with E-state index in [4.69, 9.17) is 19.3 Å². The number of fused-ring (bicyclic) bond motifs is 5. The van der Waals surface area contributed by atoms with Gasteiger partial charge in [0.05, 0.1) is 13.2 Å². The fourth-order valence-corrected chi connectivity index (χ4v) is 4.23. The molecule has 5 N–H and O–H groups in total. The maximum Gasteiger partial charge on any atom is 0.303 e. The van der Waals surface area contributed by atoms with Gasteiger partial charge in [-0.05, 0) is 40.0 Å². The molecule has 0 saturated carbocycles. The number of carbonyl (C=O) groups excluding carboxylic acids is 2. The lowest BCUT2D eigenvalue weighted by atomic mass is 9.80. The molecule has 164 valence electrons. The highest BCUT2D eigenvalue weighted by Crippen LogP contribution is 2.40. The number of ether oxygens (including phenoxy) is 3. The fraction of sp³-hybridized carbons (Fsp3) is 0.833. The lowest BCUT2D eigenvalue weighted by Crippen LogP contribution is -2.83. The number of amides is 2. The van der Waals surface area contributed by atoms with Crippen molar-refractivity contribution in [3.8, 4) is 0 Å². The number of carboxylic acid groups (broad SMARTS) is 1. The highest BCUT2D eigenvalue weighted by molar-refractivity contribution is 6.01. The van der Waals surface area contributed by atoms with Gasteiger partial charge < -0.3 is 40.2 Å². The average Bonchev–Trinajstić information content (AvgIpc) is 2.90. The molecule has 11 nitrogen and oxygen atoms in total. The molecular formula is C18H28N2O9. The highest BCUT2D eigenvalue weighted by atomic mass is 16.8. The number of carbonyl (C=O) groups is 3. The maximum atomic E-state index is 13.0. The normalized spacial score (nSPS) is 40.0. The Morgan fingerprint density at radius 1 is 1.21 bits per heavy atom. The molecule has 4 fully saturated rings. The molecular weight excluding hydrogens is 388 g/mol. The van der Waals surface area contributed by atoms with Crippen molar-refractivity contribution in [3.05, 3.63) is 0 Å². The predicted octanol–water partition coefficient (Wildman–Crippen LogP) is -1.19. The second kappa shape index (κ2) is 7.17. The van der Waals surface area contributed by atoms with Crippen LogP contribution in [-0.4, -0.2) is 75.3 Å². The zero-order valence-electron chi connectivity index (χ0n) is 16.7. The minimum absolute atomic E-state index is 0.0441. The van der Waals surface area contributed by atoms with Gasteiger partial charge in [-0.15, -0.1) is 0 Å². The number of aliphatic hydroxyl groups is 2. The predicted molar refractivity (Wildman–Crippen MR) is 95.0 cm³/mol. The van der Waals surface area contributed by atoms with E-state index in [0.717, 1.165) is 0 Å². The Kier molecular flexibility index (Phi) is 5.41. The Labute approximate surface area is 167 Å². The summed E-state index contributed by atoms with van der Waals surface area (Å²) < 4.78 is 17.0. The van der Waals surface area contributed by atoms with Gasteiger partial charge >= 0.3 is 5.97 Å². The number of aliphatic carboxylic acids is 1. The Balaban J connectivity index is 1.84. The number of rotatable bonds is 6. The summed E-state index contributed by atoms with van der Waals surface area (Å²) in [7, 11) is 0. The molecule has 5 atom stereocenters. The molecule has 0 aliphatic carbocycles. The van der Waals surface area contributed by atoms with Crippen LogP contribution < -0.4 is 10.6 Å². The zero-order valence-corrected chi connectivity index (χ0v) is 16.7. The summed E-state index contributed by atoms with van der Waals surface area (Å²) in [6.45, 7) is 4.75. The molecule has 0 radical (unpaired) electrons. The Bertz CT molecular complexity index is 713. The van der Waals surface area contributed by atoms with E-state index in [1.807, 2.05) is 0 Å². The van der Waals surface area contributed by atoms with Crippen molar-refractivity contribution in [1.29, 1.82) is 0 Å². The first-order valence-electron chi connectivity index (χ1n) is 9.60. The van der Waals surface area contributed by atoms with E-state index < -0.39 is 52.6 Å². The van der Waals surface area contributed by atoms with Crippen molar-refractivity contribution in [2.45, 2.75) is 75.4 Å². The minimum atomic E-state index is -2.23. The zero-order chi connectivity index (χ0) is 21.7. The van der Waals surface area contributed by atoms with Crippen LogP contribution in [-0.2, 0) is 28.6 Å². The standard InChI is InChI=1S/C18H28N2O9/c1-15(2)28-9-16(3,29-15)12(23)18-14(25)19-17(26,13(24)20-18)10(7-8-27-18)5-4-6-11(21)22/h10,12,23,26H,4-9H2,1-3H3,(H,19,25)(H,20,24)(H,21,22)/t10-,12-,16+,17-,18+/m1/s1. The van der Waals surface area contributed by atoms with Crippen LogP contribution >= 0.6 is 0 Å². The van der Waals surface area contributed by atoms with Crippen LogP contribution in [0.5, 0.6) is 0 Å². The Hall–Kier alpha value is -1.79. The Morgan fingerprint density at radius 2 is 1.90 bits per heavy atom. The third-order valence-electron chi connectivity index (χ3n) is 5.77. The van der Waals surface area contributed by atoms with Crippen LogP contribution in [0.4, 0.5) is 0 Å². The summed E-state index contributed by atoms with van der Waals surface area (Å²) in [6.07, 6.45) is -1.17. The summed E-state index contributed by atoms with van der Waals surface area (Å²) in [4.78, 5) is 36.5. The van der Waals surface area contributed by atoms with Gasteiger partial charge in [-0.3, -0.25) is 14.4 Å². The molecule has 0 unspecified atom stereocenters. The molecule has 4 heterocycles. The van der Waals surface area contributed by atoms with E-state index in [9.17, 15) is 24.6 Å². The topological polar surface area (TPSA) is 164 Å². The van der Waals surface area contributed by atoms with E-state index in [0.29, 0.717) is 0 Å². The molecule has 4 saturated heterocycles. The van der Waals surface area contributed by atoms with Gasteiger partial charge in [-0.1, -0.05) is 0 Å². The van der Waals surface area contributed by atoms with Crippen molar-refractivity contribution in [3.63, 3.8) is 0 Å². The molecule has 2 amide bonds. The molecule has 4 aliphatic rings. The van der Waals surface area contributed by atoms with Crippen LogP contribution in [0.1, 0.15) is 46.5 Å². The van der Waals surface area contributed by atoms with Gasteiger partial charge in [-0.25, -0.2) is 0 Å². The van der Waals surface area contributed by atoms with Crippen molar-refractivity contribution >= 4 is 17.8 Å². The maximum absolute atomic E-state index is 13.0. The van der Waals surface area contributed by atoms with Gasteiger partial charge in [-0.2, -0.15) is 0 Å². The lowest BCUT2D eigenvalue weighted by Gasteiger charge is -2.51. The smallest absolute Gasteiger partial charge is 0.303 e. The second-order valence-corrected chi connectivity index (χ2v) is 8.54. The van der Waals surface area contributed by atoms with Crippen LogP contribution in [0.2, 0.25) is 0 Å². The van der Waals surface area contributed by atoms with E-state index in [2.05, 4.69) is 10.6 Å². The molecule has 4 rings (SSSR count). The van der Waals surface area contributed by atoms with Gasteiger partial charge in [0.15, 0.2) is 5.79 Å². The quantitative estimate of drug-likeness (QED) is 0.358. The van der Waals surface area contributed by atoms with E-state index in [1.165, 1.54) is 6.92 Å². The van der Waals surface area contributed by atoms with Crippen LogP contribution in [0, 0.1) is 5.92 Å². The van der Waals surface area contributed by atoms with Gasteiger partial charge in [0.1, 0.15) is 11.7 Å². The van der Waals surface area contributed by atoms with E-state index in [-0.39, 0.29) is 38.9 Å². The number of hydrogen-bond donors (Lipinski definition) is 5. The second-order valence-electron chi connectivity index (χ2n) is 8.54. The summed E-state index contributed by atoms with van der Waals surface area (Å²) in [5.41, 5.74) is -5.74. The molecule has 0 aromatic heterocycles. The van der Waals surface area contributed by atoms with Crippen molar-refractivity contribution in [1.82, 2.24) is 10.6 Å². The number of piperazine rings is 1. The van der Waals surface area contributed by atoms with Crippen LogP contribution in [0.15, 0.2) is 0 Å². The lowest BCUT2D eigenvalue weighted by molar-refractivity contribution is -0.248. The van der Waals surface area contributed by atoms with Gasteiger partial charge in [0, 0.05) is 12.3 Å². The summed E-state index contributed by atoms with van der Waals surface area (Å²) in [6, 6.07) is 0. The third kappa shape index (κ3) is 3.73. The molecule has 4 aliphatic heterocycles. The molecule has 11 heteroatoms. The Morgan fingerprint density at radius 3 is 2.48 bits per heavy atom. The molecule has 29 heavy (non-hydrogen) atoms. The molecule has 0 spiro atoms. The number of nitrogens with one attached hydrogen (secondary N) is 2. The molecule has 0 aromatic rings. The van der Waals surface area contributed by atoms with Gasteiger partial charge in [0.2, 0.25) is 5.72 Å². The first-order valence-corrected chi connectivity index (χ1v) is 9.60. The summed E-state index contributed by atoms with van der Waals surface area (Å²) in [5.74, 6) is -4.59. The largest absolute Gasteiger partial charge is 0.481 e. The van der Waals surface area contributed by atoms with Crippen molar-refractivity contribution in [2.75, 3.05) is 13.2 Å².